The molecule has 0 unspecified atom stereocenters. The summed E-state index contributed by atoms with van der Waals surface area (Å²) in [4.78, 5) is 7.74. The van der Waals surface area contributed by atoms with Gasteiger partial charge in [-0.3, -0.25) is 4.57 Å². The van der Waals surface area contributed by atoms with Crippen LogP contribution in [0.1, 0.15) is 22.8 Å². The zero-order chi connectivity index (χ0) is 14.0. The number of nitriles is 4. The van der Waals surface area contributed by atoms with Crippen molar-refractivity contribution in [2.45, 2.75) is 0 Å². The molecular weight excluding hydrogens is 244 g/mol. The lowest BCUT2D eigenvalue weighted by Crippen LogP contribution is -2.05. The van der Waals surface area contributed by atoms with E-state index in [9.17, 15) is 0 Å². The van der Waals surface area contributed by atoms with Crippen molar-refractivity contribution in [1.29, 1.82) is 21.0 Å². The summed E-state index contributed by atoms with van der Waals surface area (Å²) in [5, 5.41) is 35.7. The maximum Gasteiger partial charge on any atom is 0.218 e. The van der Waals surface area contributed by atoms with Gasteiger partial charge in [-0.05, 0) is 0 Å². The molecule has 2 aromatic rings. The van der Waals surface area contributed by atoms with E-state index in [1.54, 1.807) is 12.1 Å². The standard InChI is InChI=1S/C11H4N8/c1-18-9(4-14)8(3-13)17-11(18)19-6-16-7(2-12)10(19)5-15/h6H,1H3. The molecule has 0 amide bonds. The van der Waals surface area contributed by atoms with Crippen LogP contribution in [0.15, 0.2) is 6.33 Å². The van der Waals surface area contributed by atoms with Crippen molar-refractivity contribution >= 4 is 0 Å². The lowest BCUT2D eigenvalue weighted by atomic mass is 10.3. The Morgan fingerprint density at radius 2 is 1.58 bits per heavy atom. The minimum absolute atomic E-state index is 0.00424. The molecule has 8 nitrogen and oxygen atoms in total. The van der Waals surface area contributed by atoms with Gasteiger partial charge in [-0.25, -0.2) is 4.98 Å². The van der Waals surface area contributed by atoms with Crippen LogP contribution < -0.4 is 0 Å². The number of hydrogen-bond acceptors (Lipinski definition) is 6. The van der Waals surface area contributed by atoms with Crippen molar-refractivity contribution in [3.63, 3.8) is 0 Å². The van der Waals surface area contributed by atoms with Gasteiger partial charge in [-0.2, -0.15) is 26.0 Å². The van der Waals surface area contributed by atoms with Gasteiger partial charge in [0.05, 0.1) is 0 Å². The Hall–Kier alpha value is -3.62. The van der Waals surface area contributed by atoms with Crippen LogP contribution in [-0.2, 0) is 7.05 Å². The minimum Gasteiger partial charge on any atom is -0.303 e. The maximum absolute atomic E-state index is 9.03. The SMILES string of the molecule is Cn1c(-n2cnc(C#N)c2C#N)nc(C#N)c1C#N. The number of rotatable bonds is 1. The van der Waals surface area contributed by atoms with Gasteiger partial charge < -0.3 is 4.57 Å². The largest absolute Gasteiger partial charge is 0.303 e. The molecule has 19 heavy (non-hydrogen) atoms. The molecular formula is C11H4N8. The van der Waals surface area contributed by atoms with E-state index in [-0.39, 0.29) is 28.7 Å². The molecule has 0 aromatic carbocycles. The number of imidazole rings is 2. The van der Waals surface area contributed by atoms with E-state index in [4.69, 9.17) is 21.0 Å². The molecule has 0 fully saturated rings. The predicted octanol–water partition coefficient (Wildman–Crippen LogP) is 0.0925. The zero-order valence-corrected chi connectivity index (χ0v) is 9.66. The Morgan fingerprint density at radius 1 is 0.947 bits per heavy atom. The van der Waals surface area contributed by atoms with Gasteiger partial charge in [0.2, 0.25) is 5.95 Å². The van der Waals surface area contributed by atoms with Crippen LogP contribution in [-0.4, -0.2) is 19.1 Å². The molecule has 0 aliphatic rings. The summed E-state index contributed by atoms with van der Waals surface area (Å²) < 4.78 is 2.63. The van der Waals surface area contributed by atoms with Gasteiger partial charge in [0.1, 0.15) is 30.6 Å². The highest BCUT2D eigenvalue weighted by atomic mass is 15.3. The molecule has 0 atom stereocenters. The molecule has 2 aromatic heterocycles. The number of hydrogen-bond donors (Lipinski definition) is 0. The Bertz CT molecular complexity index is 824. The third-order valence-corrected chi connectivity index (χ3v) is 2.48. The first-order valence-electron chi connectivity index (χ1n) is 4.92. The first-order chi connectivity index (χ1) is 9.17. The van der Waals surface area contributed by atoms with E-state index in [0.29, 0.717) is 0 Å². The van der Waals surface area contributed by atoms with Crippen LogP contribution in [0.4, 0.5) is 0 Å². The molecule has 0 N–H and O–H groups in total. The predicted molar refractivity (Wildman–Crippen MR) is 59.2 cm³/mol. The highest BCUT2D eigenvalue weighted by Gasteiger charge is 2.19. The highest BCUT2D eigenvalue weighted by Crippen LogP contribution is 2.16. The smallest absolute Gasteiger partial charge is 0.218 e. The monoisotopic (exact) mass is 248 g/mol. The van der Waals surface area contributed by atoms with Crippen molar-refractivity contribution in [3.05, 3.63) is 29.1 Å². The number of nitrogens with zero attached hydrogens (tertiary/aromatic N) is 8. The molecule has 0 bridgehead atoms. The van der Waals surface area contributed by atoms with Crippen molar-refractivity contribution in [1.82, 2.24) is 19.1 Å². The zero-order valence-electron chi connectivity index (χ0n) is 9.66. The van der Waals surface area contributed by atoms with Gasteiger partial charge in [0, 0.05) is 7.05 Å². The van der Waals surface area contributed by atoms with Crippen molar-refractivity contribution in [2.24, 2.45) is 7.05 Å². The van der Waals surface area contributed by atoms with Crippen molar-refractivity contribution in [2.75, 3.05) is 0 Å². The lowest BCUT2D eigenvalue weighted by Gasteiger charge is -2.02. The average molecular weight is 248 g/mol. The Morgan fingerprint density at radius 3 is 2.05 bits per heavy atom. The quantitative estimate of drug-likeness (QED) is 0.702. The number of aromatic nitrogens is 4. The molecule has 0 aliphatic heterocycles. The molecule has 88 valence electrons. The van der Waals surface area contributed by atoms with Crippen LogP contribution in [0.5, 0.6) is 0 Å². The Kier molecular flexibility index (Phi) is 2.70. The fraction of sp³-hybridized carbons (Fsp3) is 0.0909. The van der Waals surface area contributed by atoms with E-state index in [1.807, 2.05) is 12.1 Å². The molecule has 0 saturated heterocycles. The molecule has 2 heterocycles. The Labute approximate surface area is 107 Å². The second-order valence-electron chi connectivity index (χ2n) is 3.43. The summed E-state index contributed by atoms with van der Waals surface area (Å²) in [6, 6.07) is 7.29. The minimum atomic E-state index is -0.0453. The van der Waals surface area contributed by atoms with E-state index in [1.165, 1.54) is 22.5 Å². The summed E-state index contributed by atoms with van der Waals surface area (Å²) >= 11 is 0. The van der Waals surface area contributed by atoms with E-state index in [0.717, 1.165) is 0 Å². The second-order valence-corrected chi connectivity index (χ2v) is 3.43. The molecule has 0 spiro atoms. The van der Waals surface area contributed by atoms with Gasteiger partial charge in [0.25, 0.3) is 0 Å². The molecule has 0 aliphatic carbocycles. The normalized spacial score (nSPS) is 9.11. The molecule has 0 saturated carbocycles. The third kappa shape index (κ3) is 1.58. The third-order valence-electron chi connectivity index (χ3n) is 2.48. The summed E-state index contributed by atoms with van der Waals surface area (Å²) in [5.74, 6) is 0.179. The fourth-order valence-electron chi connectivity index (χ4n) is 1.60. The average Bonchev–Trinajstić information content (AvgIpc) is 2.98. The van der Waals surface area contributed by atoms with E-state index < -0.39 is 0 Å². The molecule has 8 heteroatoms. The highest BCUT2D eigenvalue weighted by molar-refractivity contribution is 5.45. The fourth-order valence-corrected chi connectivity index (χ4v) is 1.60. The van der Waals surface area contributed by atoms with Gasteiger partial charge in [-0.1, -0.05) is 0 Å². The van der Waals surface area contributed by atoms with Crippen LogP contribution in [0.3, 0.4) is 0 Å². The van der Waals surface area contributed by atoms with Crippen LogP contribution in [0, 0.1) is 45.3 Å². The van der Waals surface area contributed by atoms with Crippen LogP contribution in [0.2, 0.25) is 0 Å². The Balaban J connectivity index is 2.77. The first-order valence-corrected chi connectivity index (χ1v) is 4.92. The summed E-state index contributed by atoms with van der Waals surface area (Å²) in [6.45, 7) is 0. The summed E-state index contributed by atoms with van der Waals surface area (Å²) in [6.07, 6.45) is 1.25. The summed E-state index contributed by atoms with van der Waals surface area (Å²) in [7, 11) is 1.54. The van der Waals surface area contributed by atoms with Crippen LogP contribution in [0.25, 0.3) is 5.95 Å². The molecule has 2 rings (SSSR count). The van der Waals surface area contributed by atoms with E-state index >= 15 is 0 Å². The van der Waals surface area contributed by atoms with Gasteiger partial charge >= 0.3 is 0 Å². The van der Waals surface area contributed by atoms with E-state index in [2.05, 4.69) is 9.97 Å². The second kappa shape index (κ2) is 4.33. The maximum atomic E-state index is 9.03. The van der Waals surface area contributed by atoms with Gasteiger partial charge in [-0.15, -0.1) is 0 Å². The summed E-state index contributed by atoms with van der Waals surface area (Å²) in [5.41, 5.74) is -0.00297. The van der Waals surface area contributed by atoms with Crippen molar-refractivity contribution < 1.29 is 0 Å². The lowest BCUT2D eigenvalue weighted by molar-refractivity contribution is 0.804. The van der Waals surface area contributed by atoms with Crippen LogP contribution >= 0.6 is 0 Å². The molecule has 0 radical (unpaired) electrons. The topological polar surface area (TPSA) is 131 Å². The first kappa shape index (κ1) is 11.9. The van der Waals surface area contributed by atoms with Crippen molar-refractivity contribution in [3.8, 4) is 30.2 Å². The van der Waals surface area contributed by atoms with Gasteiger partial charge in [0.15, 0.2) is 22.8 Å².